The number of hydrogen-bond donors (Lipinski definition) is 1. The Labute approximate surface area is 140 Å². The highest BCUT2D eigenvalue weighted by Gasteiger charge is 2.12. The van der Waals surface area contributed by atoms with Crippen molar-refractivity contribution in [1.29, 1.82) is 0 Å². The standard InChI is InChI=1S/C19H27NO.ClH/c1-3-4-5-6-7-8-9-10-17-14-13-16-12-11-15(2)20-18(16)19(17)21;/h11-14,21H,3-10H2,1-2H3;1H. The van der Waals surface area contributed by atoms with Crippen LogP contribution in [0.5, 0.6) is 5.75 Å². The van der Waals surface area contributed by atoms with Crippen molar-refractivity contribution in [2.45, 2.75) is 65.2 Å². The van der Waals surface area contributed by atoms with Gasteiger partial charge in [-0.1, -0.05) is 51.5 Å². The molecule has 3 heteroatoms. The molecular weight excluding hydrogens is 294 g/mol. The summed E-state index contributed by atoms with van der Waals surface area (Å²) in [4.78, 5) is 3.27. The molecule has 0 spiro atoms. The molecule has 0 fully saturated rings. The second-order valence-electron chi connectivity index (χ2n) is 6.05. The van der Waals surface area contributed by atoms with Crippen molar-refractivity contribution in [3.8, 4) is 5.75 Å². The average molecular weight is 322 g/mol. The molecule has 0 saturated carbocycles. The number of halogens is 1. The van der Waals surface area contributed by atoms with Crippen LogP contribution in [0.1, 0.15) is 63.1 Å². The first-order valence-corrected chi connectivity index (χ1v) is 8.36. The number of phenolic OH excluding ortho intramolecular Hbond substituents is 1. The molecule has 2 nitrogen and oxygen atoms in total. The lowest BCUT2D eigenvalue weighted by atomic mass is 10.0. The van der Waals surface area contributed by atoms with E-state index in [0.29, 0.717) is 5.75 Å². The number of aryl methyl sites for hydroxylation is 2. The van der Waals surface area contributed by atoms with E-state index < -0.39 is 0 Å². The van der Waals surface area contributed by atoms with Gasteiger partial charge in [0.2, 0.25) is 0 Å². The Hall–Kier alpha value is -1.28. The van der Waals surface area contributed by atoms with E-state index in [9.17, 15) is 5.11 Å². The molecule has 122 valence electrons. The van der Waals surface area contributed by atoms with Crippen LogP contribution in [0.4, 0.5) is 0 Å². The topological polar surface area (TPSA) is 34.4 Å². The molecule has 2 rings (SSSR count). The number of hydrogen-bond acceptors (Lipinski definition) is 1. The first-order valence-electron chi connectivity index (χ1n) is 8.36. The zero-order valence-corrected chi connectivity index (χ0v) is 14.5. The maximum Gasteiger partial charge on any atom is 0.253 e. The normalized spacial score (nSPS) is 10.6. The fourth-order valence-corrected chi connectivity index (χ4v) is 2.85. The molecule has 0 atom stereocenters. The molecule has 1 aromatic heterocycles. The number of pyridine rings is 1. The lowest BCUT2D eigenvalue weighted by molar-refractivity contribution is -0.355. The molecule has 0 saturated heterocycles. The lowest BCUT2D eigenvalue weighted by Crippen LogP contribution is -3.00. The van der Waals surface area contributed by atoms with Gasteiger partial charge in [-0.25, -0.2) is 4.98 Å². The zero-order valence-electron chi connectivity index (χ0n) is 13.8. The van der Waals surface area contributed by atoms with Crippen LogP contribution >= 0.6 is 0 Å². The maximum absolute atomic E-state index is 10.4. The Morgan fingerprint density at radius 3 is 2.27 bits per heavy atom. The molecule has 22 heavy (non-hydrogen) atoms. The van der Waals surface area contributed by atoms with E-state index in [4.69, 9.17) is 0 Å². The third-order valence-electron chi connectivity index (χ3n) is 4.18. The van der Waals surface area contributed by atoms with Gasteiger partial charge in [-0.15, -0.1) is 0 Å². The third kappa shape index (κ3) is 5.17. The van der Waals surface area contributed by atoms with E-state index in [1.54, 1.807) is 0 Å². The summed E-state index contributed by atoms with van der Waals surface area (Å²) < 4.78 is 0. The van der Waals surface area contributed by atoms with E-state index in [1.807, 2.05) is 13.0 Å². The minimum Gasteiger partial charge on any atom is -1.00 e. The van der Waals surface area contributed by atoms with Crippen LogP contribution in [0.15, 0.2) is 24.3 Å². The van der Waals surface area contributed by atoms with Crippen LogP contribution in [0.2, 0.25) is 0 Å². The smallest absolute Gasteiger partial charge is 0.253 e. The van der Waals surface area contributed by atoms with Crippen LogP contribution in [-0.2, 0) is 6.42 Å². The number of rotatable bonds is 8. The van der Waals surface area contributed by atoms with E-state index in [-0.39, 0.29) is 12.4 Å². The summed E-state index contributed by atoms with van der Waals surface area (Å²) in [5, 5.41) is 11.5. The van der Waals surface area contributed by atoms with Crippen molar-refractivity contribution in [1.82, 2.24) is 0 Å². The van der Waals surface area contributed by atoms with Gasteiger partial charge in [-0.05, 0) is 25.0 Å². The summed E-state index contributed by atoms with van der Waals surface area (Å²) in [6.45, 7) is 4.27. The van der Waals surface area contributed by atoms with E-state index >= 15 is 0 Å². The molecule has 1 heterocycles. The molecule has 0 amide bonds. The number of fused-ring (bicyclic) bond motifs is 1. The Bertz CT molecular complexity index is 583. The molecular formula is C19H28ClNO. The van der Waals surface area contributed by atoms with E-state index in [0.717, 1.165) is 35.0 Å². The second-order valence-corrected chi connectivity index (χ2v) is 6.05. The lowest BCUT2D eigenvalue weighted by Gasteiger charge is -2.05. The van der Waals surface area contributed by atoms with Gasteiger partial charge in [0.05, 0.1) is 5.39 Å². The minimum absolute atomic E-state index is 0. The van der Waals surface area contributed by atoms with Gasteiger partial charge in [-0.3, -0.25) is 0 Å². The predicted octanol–water partition coefficient (Wildman–Crippen LogP) is 1.97. The number of aromatic nitrogens is 1. The maximum atomic E-state index is 10.4. The van der Waals surface area contributed by atoms with Crippen LogP contribution in [0.25, 0.3) is 10.9 Å². The van der Waals surface area contributed by atoms with Gasteiger partial charge in [0.15, 0.2) is 11.4 Å². The first kappa shape index (κ1) is 18.8. The van der Waals surface area contributed by atoms with Crippen LogP contribution in [0.3, 0.4) is 0 Å². The number of aromatic hydroxyl groups is 1. The summed E-state index contributed by atoms with van der Waals surface area (Å²) in [7, 11) is 0. The van der Waals surface area contributed by atoms with Crippen LogP contribution in [-0.4, -0.2) is 5.11 Å². The number of nitrogens with one attached hydrogen (secondary N) is 1. The molecule has 0 aliphatic carbocycles. The molecule has 2 aromatic rings. The third-order valence-corrected chi connectivity index (χ3v) is 4.18. The van der Waals surface area contributed by atoms with Crippen molar-refractivity contribution < 1.29 is 22.5 Å². The Balaban J connectivity index is 0.00000242. The molecule has 0 aliphatic rings. The number of aromatic amines is 1. The van der Waals surface area contributed by atoms with Crippen LogP contribution < -0.4 is 17.4 Å². The zero-order chi connectivity index (χ0) is 15.1. The van der Waals surface area contributed by atoms with Gasteiger partial charge in [-0.2, -0.15) is 0 Å². The highest BCUT2D eigenvalue weighted by molar-refractivity contribution is 5.82. The fraction of sp³-hybridized carbons (Fsp3) is 0.526. The van der Waals surface area contributed by atoms with Gasteiger partial charge in [0, 0.05) is 18.6 Å². The Morgan fingerprint density at radius 1 is 0.909 bits per heavy atom. The largest absolute Gasteiger partial charge is 1.00 e. The molecule has 0 radical (unpaired) electrons. The monoisotopic (exact) mass is 321 g/mol. The highest BCUT2D eigenvalue weighted by atomic mass is 35.5. The summed E-state index contributed by atoms with van der Waals surface area (Å²) in [6, 6.07) is 8.26. The van der Waals surface area contributed by atoms with Crippen molar-refractivity contribution in [3.05, 3.63) is 35.5 Å². The van der Waals surface area contributed by atoms with Gasteiger partial charge >= 0.3 is 0 Å². The molecule has 0 aliphatic heterocycles. The molecule has 1 aromatic carbocycles. The summed E-state index contributed by atoms with van der Waals surface area (Å²) in [5.74, 6) is 0.433. The molecule has 2 N–H and O–H groups in total. The summed E-state index contributed by atoms with van der Waals surface area (Å²) in [5.41, 5.74) is 3.01. The van der Waals surface area contributed by atoms with Crippen molar-refractivity contribution in [2.24, 2.45) is 0 Å². The Morgan fingerprint density at radius 2 is 1.55 bits per heavy atom. The molecule has 0 bridgehead atoms. The average Bonchev–Trinajstić information content (AvgIpc) is 2.49. The highest BCUT2D eigenvalue weighted by Crippen LogP contribution is 2.27. The van der Waals surface area contributed by atoms with Crippen LogP contribution in [0, 0.1) is 6.92 Å². The van der Waals surface area contributed by atoms with Crippen molar-refractivity contribution in [2.75, 3.05) is 0 Å². The summed E-state index contributed by atoms with van der Waals surface area (Å²) in [6.07, 6.45) is 10.1. The van der Waals surface area contributed by atoms with Crippen molar-refractivity contribution >= 4 is 10.9 Å². The van der Waals surface area contributed by atoms with E-state index in [2.05, 4.69) is 30.1 Å². The number of benzene rings is 1. The number of phenols is 1. The van der Waals surface area contributed by atoms with Gasteiger partial charge in [0.25, 0.3) is 5.52 Å². The van der Waals surface area contributed by atoms with Crippen molar-refractivity contribution in [3.63, 3.8) is 0 Å². The Kier molecular flexibility index (Phi) is 8.26. The fourth-order valence-electron chi connectivity index (χ4n) is 2.85. The second kappa shape index (κ2) is 9.68. The SMILES string of the molecule is CCCCCCCCCc1ccc2ccc(C)[nH+]c2c1O.[Cl-]. The quantitative estimate of drug-likeness (QED) is 0.741. The van der Waals surface area contributed by atoms with Gasteiger partial charge in [0.1, 0.15) is 0 Å². The number of H-pyrrole nitrogens is 1. The summed E-state index contributed by atoms with van der Waals surface area (Å²) >= 11 is 0. The number of unbranched alkanes of at least 4 members (excludes halogenated alkanes) is 6. The predicted molar refractivity (Wildman–Crippen MR) is 88.6 cm³/mol. The molecule has 0 unspecified atom stereocenters. The van der Waals surface area contributed by atoms with Gasteiger partial charge < -0.3 is 17.5 Å². The minimum atomic E-state index is 0. The first-order chi connectivity index (χ1) is 10.2. The van der Waals surface area contributed by atoms with E-state index in [1.165, 1.54) is 38.5 Å².